The zero-order valence-electron chi connectivity index (χ0n) is 22.1. The Morgan fingerprint density at radius 3 is 2.02 bits per heavy atom. The average Bonchev–Trinajstić information content (AvgIpc) is 3.27. The van der Waals surface area contributed by atoms with E-state index in [2.05, 4.69) is 10.5 Å². The summed E-state index contributed by atoms with van der Waals surface area (Å²) in [7, 11) is 0. The van der Waals surface area contributed by atoms with Crippen LogP contribution >= 0.6 is 0 Å². The molecule has 7 heteroatoms. The Morgan fingerprint density at radius 2 is 1.39 bits per heavy atom. The van der Waals surface area contributed by atoms with Crippen molar-refractivity contribution in [2.45, 2.75) is 24.0 Å². The fourth-order valence-electron chi connectivity index (χ4n) is 7.08. The van der Waals surface area contributed by atoms with Crippen molar-refractivity contribution < 1.29 is 19.5 Å². The molecule has 0 aromatic heterocycles. The van der Waals surface area contributed by atoms with Crippen molar-refractivity contribution in [1.82, 2.24) is 10.3 Å². The smallest absolute Gasteiger partial charge is 0.273 e. The Labute approximate surface area is 237 Å². The van der Waals surface area contributed by atoms with Crippen LogP contribution in [0.3, 0.4) is 0 Å². The predicted octanol–water partition coefficient (Wildman–Crippen LogP) is 4.07. The number of imide groups is 1. The minimum Gasteiger partial charge on any atom is -0.378 e. The van der Waals surface area contributed by atoms with Gasteiger partial charge in [-0.25, -0.2) is 5.43 Å². The van der Waals surface area contributed by atoms with Crippen LogP contribution in [0.1, 0.15) is 45.4 Å². The van der Waals surface area contributed by atoms with E-state index in [0.717, 1.165) is 27.8 Å². The van der Waals surface area contributed by atoms with Crippen LogP contribution in [-0.2, 0) is 26.3 Å². The molecule has 0 radical (unpaired) electrons. The van der Waals surface area contributed by atoms with Gasteiger partial charge < -0.3 is 5.11 Å². The van der Waals surface area contributed by atoms with Crippen molar-refractivity contribution in [1.29, 1.82) is 0 Å². The standard InChI is InChI=1S/C34H27N3O4/c38-30(22-13-5-2-6-14-22)31(39)36-35-20-34-25-17-9-7-15-23(25)27(24-16-8-10-18-26(24)34)28-29(34)33(41)37(32(28)40)19-21-11-3-1-4-12-21/h1-18,20,27-30,38H,19H2,(H,36,39)/b35-20-/t27?,28-,29+,30-,34?/m0/s1. The van der Waals surface area contributed by atoms with Crippen LogP contribution in [0.25, 0.3) is 0 Å². The van der Waals surface area contributed by atoms with E-state index in [0.29, 0.717) is 5.56 Å². The van der Waals surface area contributed by atoms with E-state index in [9.17, 15) is 19.5 Å². The first-order valence-corrected chi connectivity index (χ1v) is 13.7. The predicted molar refractivity (Wildman–Crippen MR) is 153 cm³/mol. The van der Waals surface area contributed by atoms with Crippen molar-refractivity contribution in [2.75, 3.05) is 0 Å². The molecule has 3 amide bonds. The number of hydrogen-bond acceptors (Lipinski definition) is 5. The third-order valence-corrected chi connectivity index (χ3v) is 8.77. The highest BCUT2D eigenvalue weighted by molar-refractivity contribution is 6.11. The van der Waals surface area contributed by atoms with Crippen LogP contribution < -0.4 is 5.43 Å². The number of rotatable bonds is 6. The molecule has 4 aromatic rings. The molecular weight excluding hydrogens is 514 g/mol. The van der Waals surface area contributed by atoms with Crippen molar-refractivity contribution >= 4 is 23.9 Å². The number of nitrogens with zero attached hydrogens (tertiary/aromatic N) is 2. The third-order valence-electron chi connectivity index (χ3n) is 8.77. The summed E-state index contributed by atoms with van der Waals surface area (Å²) >= 11 is 0. The summed E-state index contributed by atoms with van der Waals surface area (Å²) < 4.78 is 0. The number of nitrogens with one attached hydrogen (secondary N) is 1. The van der Waals surface area contributed by atoms with Gasteiger partial charge in [0.15, 0.2) is 6.10 Å². The van der Waals surface area contributed by atoms with E-state index in [4.69, 9.17) is 0 Å². The number of hydrazone groups is 1. The second-order valence-corrected chi connectivity index (χ2v) is 10.8. The maximum atomic E-state index is 14.3. The van der Waals surface area contributed by atoms with Crippen LogP contribution in [-0.4, -0.2) is 33.9 Å². The zero-order chi connectivity index (χ0) is 28.1. The summed E-state index contributed by atoms with van der Waals surface area (Å²) in [5.74, 6) is -2.74. The van der Waals surface area contributed by atoms with E-state index in [1.54, 1.807) is 36.5 Å². The second kappa shape index (κ2) is 9.64. The highest BCUT2D eigenvalue weighted by atomic mass is 16.3. The van der Waals surface area contributed by atoms with Gasteiger partial charge in [0.1, 0.15) is 0 Å². The maximum absolute atomic E-state index is 14.3. The van der Waals surface area contributed by atoms with E-state index in [-0.39, 0.29) is 24.3 Å². The molecule has 4 aliphatic rings. The molecule has 0 unspecified atom stereocenters. The molecule has 202 valence electrons. The average molecular weight is 542 g/mol. The Balaban J connectivity index is 1.34. The summed E-state index contributed by atoms with van der Waals surface area (Å²) in [6, 6.07) is 33.9. The minimum absolute atomic E-state index is 0.193. The molecule has 0 spiro atoms. The number of amides is 3. The zero-order valence-corrected chi connectivity index (χ0v) is 22.1. The van der Waals surface area contributed by atoms with E-state index in [1.807, 2.05) is 78.9 Å². The summed E-state index contributed by atoms with van der Waals surface area (Å²) in [4.78, 5) is 42.6. The lowest BCUT2D eigenvalue weighted by Gasteiger charge is -2.52. The van der Waals surface area contributed by atoms with Crippen LogP contribution in [0, 0.1) is 11.8 Å². The van der Waals surface area contributed by atoms with Gasteiger partial charge in [0, 0.05) is 12.1 Å². The molecule has 2 N–H and O–H groups in total. The van der Waals surface area contributed by atoms with Gasteiger partial charge >= 0.3 is 0 Å². The summed E-state index contributed by atoms with van der Waals surface area (Å²) in [5, 5.41) is 15.0. The summed E-state index contributed by atoms with van der Waals surface area (Å²) in [6.45, 7) is 0.193. The molecule has 8 rings (SSSR count). The number of carbonyl (C=O) groups is 3. The van der Waals surface area contributed by atoms with Gasteiger partial charge in [0.2, 0.25) is 11.8 Å². The third kappa shape index (κ3) is 3.69. The highest BCUT2D eigenvalue weighted by Crippen LogP contribution is 2.63. The SMILES string of the molecule is O=C(N/N=C\C12c3ccccc3C(c3ccccc31)[C@@H]1C(=O)N(Cc3ccccc3)C(=O)[C@@H]12)[C@@H](O)c1ccccc1. The molecule has 7 nitrogen and oxygen atoms in total. The number of carbonyl (C=O) groups excluding carboxylic acids is 3. The second-order valence-electron chi connectivity index (χ2n) is 10.8. The Hall–Kier alpha value is -4.88. The topological polar surface area (TPSA) is 99.1 Å². The molecule has 1 heterocycles. The lowest BCUT2D eigenvalue weighted by Crippen LogP contribution is -2.54. The van der Waals surface area contributed by atoms with Crippen molar-refractivity contribution in [3.8, 4) is 0 Å². The first-order chi connectivity index (χ1) is 20.0. The number of aliphatic hydroxyl groups is 1. The van der Waals surface area contributed by atoms with Gasteiger partial charge in [0.05, 0.1) is 23.8 Å². The molecule has 1 aliphatic heterocycles. The van der Waals surface area contributed by atoms with Gasteiger partial charge in [-0.15, -0.1) is 0 Å². The van der Waals surface area contributed by atoms with E-state index < -0.39 is 29.3 Å². The normalized spacial score (nSPS) is 24.6. The molecule has 0 saturated carbocycles. The number of aliphatic hydroxyl groups excluding tert-OH is 1. The van der Waals surface area contributed by atoms with Crippen molar-refractivity contribution in [2.24, 2.45) is 16.9 Å². The van der Waals surface area contributed by atoms with Crippen LogP contribution in [0.4, 0.5) is 0 Å². The lowest BCUT2D eigenvalue weighted by atomic mass is 9.47. The van der Waals surface area contributed by atoms with E-state index in [1.165, 1.54) is 4.90 Å². The van der Waals surface area contributed by atoms with Crippen LogP contribution in [0.5, 0.6) is 0 Å². The summed E-state index contributed by atoms with van der Waals surface area (Å²) in [5.41, 5.74) is 6.49. The number of benzene rings is 4. The van der Waals surface area contributed by atoms with Gasteiger partial charge in [-0.2, -0.15) is 5.10 Å². The van der Waals surface area contributed by atoms with Gasteiger partial charge in [-0.3, -0.25) is 19.3 Å². The largest absolute Gasteiger partial charge is 0.378 e. The number of hydrogen-bond donors (Lipinski definition) is 2. The maximum Gasteiger partial charge on any atom is 0.273 e. The Kier molecular flexibility index (Phi) is 5.91. The Bertz CT molecular complexity index is 1650. The Morgan fingerprint density at radius 1 is 0.829 bits per heavy atom. The molecule has 3 aliphatic carbocycles. The minimum atomic E-state index is -1.41. The van der Waals surface area contributed by atoms with Crippen LogP contribution in [0.15, 0.2) is 114 Å². The molecule has 2 bridgehead atoms. The fraction of sp³-hybridized carbons (Fsp3) is 0.176. The van der Waals surface area contributed by atoms with Crippen molar-refractivity contribution in [3.05, 3.63) is 143 Å². The highest BCUT2D eigenvalue weighted by Gasteiger charge is 2.67. The monoisotopic (exact) mass is 541 g/mol. The fourth-order valence-corrected chi connectivity index (χ4v) is 7.08. The quantitative estimate of drug-likeness (QED) is 0.218. The van der Waals surface area contributed by atoms with Crippen LogP contribution in [0.2, 0.25) is 0 Å². The van der Waals surface area contributed by atoms with E-state index >= 15 is 0 Å². The lowest BCUT2D eigenvalue weighted by molar-refractivity contribution is -0.140. The molecule has 41 heavy (non-hydrogen) atoms. The molecule has 4 aromatic carbocycles. The number of likely N-dealkylation sites (tertiary alicyclic amines) is 1. The first-order valence-electron chi connectivity index (χ1n) is 13.7. The van der Waals surface area contributed by atoms with Crippen molar-refractivity contribution in [3.63, 3.8) is 0 Å². The first kappa shape index (κ1) is 25.1. The summed E-state index contributed by atoms with van der Waals surface area (Å²) in [6.07, 6.45) is 0.196. The molecule has 1 saturated heterocycles. The van der Waals surface area contributed by atoms with Gasteiger partial charge in [-0.05, 0) is 33.4 Å². The molecule has 1 fully saturated rings. The molecule has 3 atom stereocenters. The van der Waals surface area contributed by atoms with Gasteiger partial charge in [0.25, 0.3) is 5.91 Å². The van der Waals surface area contributed by atoms with Gasteiger partial charge in [-0.1, -0.05) is 109 Å². The molecular formula is C34H27N3O4.